The number of aryl methyl sites for hydroxylation is 1. The van der Waals surface area contributed by atoms with Crippen molar-refractivity contribution in [2.45, 2.75) is 26.9 Å². The Morgan fingerprint density at radius 1 is 1.17 bits per heavy atom. The molecule has 132 valence electrons. The molecule has 0 bridgehead atoms. The van der Waals surface area contributed by atoms with Crippen LogP contribution in [0.2, 0.25) is 0 Å². The third-order valence-corrected chi connectivity index (χ3v) is 3.24. The maximum Gasteiger partial charge on any atom is 0.161 e. The number of aromatic nitrogens is 1. The first-order valence-electron chi connectivity index (χ1n) is 7.39. The average Bonchev–Trinajstić information content (AvgIpc) is 2.56. The van der Waals surface area contributed by atoms with Crippen LogP contribution in [0.5, 0.6) is 0 Å². The van der Waals surface area contributed by atoms with E-state index in [2.05, 4.69) is 30.7 Å². The monoisotopic (exact) mass is 417 g/mol. The van der Waals surface area contributed by atoms with Crippen LogP contribution in [0.4, 0.5) is 4.39 Å². The maximum atomic E-state index is 12.2. The van der Waals surface area contributed by atoms with Crippen molar-refractivity contribution in [3.05, 3.63) is 64.1 Å². The highest BCUT2D eigenvalue weighted by molar-refractivity contribution is 9.10. The molecular weight excluding hydrogens is 396 g/mol. The molecule has 4 nitrogen and oxygen atoms in total. The lowest BCUT2D eigenvalue weighted by molar-refractivity contribution is -0.287. The predicted molar refractivity (Wildman–Crippen MR) is 97.6 cm³/mol. The standard InChI is InChI=1S/C7H7F.C6H5BrNOP.C4H10O2/c1-6-3-2-4-7(8)5-6;7-5-1-2-6(4-10-9)8-3-5;1-3-5-6-4-2/h2-5H,1H3;1-3H,4H2;3-4H2,1-2H3. The number of rotatable bonds is 5. The summed E-state index contributed by atoms with van der Waals surface area (Å²) in [5, 5.41) is 0. The molecule has 24 heavy (non-hydrogen) atoms. The first-order chi connectivity index (χ1) is 11.5. The summed E-state index contributed by atoms with van der Waals surface area (Å²) >= 11 is 3.25. The second kappa shape index (κ2) is 15.3. The van der Waals surface area contributed by atoms with E-state index in [-0.39, 0.29) is 14.3 Å². The Morgan fingerprint density at radius 2 is 1.83 bits per heavy atom. The molecule has 0 atom stereocenters. The van der Waals surface area contributed by atoms with Crippen LogP contribution < -0.4 is 0 Å². The zero-order valence-electron chi connectivity index (χ0n) is 14.0. The Labute approximate surface area is 152 Å². The van der Waals surface area contributed by atoms with E-state index >= 15 is 0 Å². The minimum absolute atomic E-state index is 0.118. The number of halogens is 2. The number of hydrogen-bond acceptors (Lipinski definition) is 4. The molecule has 0 fully saturated rings. The lowest BCUT2D eigenvalue weighted by Crippen LogP contribution is -1.90. The molecule has 0 N–H and O–H groups in total. The second-order valence-electron chi connectivity index (χ2n) is 4.37. The van der Waals surface area contributed by atoms with Crippen LogP contribution in [0.1, 0.15) is 25.1 Å². The number of benzene rings is 1. The zero-order valence-corrected chi connectivity index (χ0v) is 16.5. The minimum Gasteiger partial charge on any atom is -0.275 e. The fourth-order valence-corrected chi connectivity index (χ4v) is 1.89. The second-order valence-corrected chi connectivity index (χ2v) is 5.86. The van der Waals surface area contributed by atoms with Gasteiger partial charge in [0, 0.05) is 10.7 Å². The van der Waals surface area contributed by atoms with Crippen molar-refractivity contribution in [1.82, 2.24) is 4.98 Å². The van der Waals surface area contributed by atoms with Crippen molar-refractivity contribution in [1.29, 1.82) is 0 Å². The van der Waals surface area contributed by atoms with Gasteiger partial charge in [0.05, 0.1) is 25.1 Å². The molecule has 1 heterocycles. The van der Waals surface area contributed by atoms with Crippen LogP contribution in [0, 0.1) is 12.7 Å². The quantitative estimate of drug-likeness (QED) is 0.269. The van der Waals surface area contributed by atoms with Crippen molar-refractivity contribution >= 4 is 24.4 Å². The van der Waals surface area contributed by atoms with Crippen molar-refractivity contribution in [2.75, 3.05) is 13.2 Å². The molecular formula is C17H22BrFNO3P. The van der Waals surface area contributed by atoms with Crippen LogP contribution in [0.25, 0.3) is 0 Å². The van der Waals surface area contributed by atoms with Crippen LogP contribution in [-0.4, -0.2) is 18.2 Å². The van der Waals surface area contributed by atoms with Crippen LogP contribution in [-0.2, 0) is 20.5 Å². The van der Waals surface area contributed by atoms with Gasteiger partial charge < -0.3 is 0 Å². The summed E-state index contributed by atoms with van der Waals surface area (Å²) in [7, 11) is 0.118. The van der Waals surface area contributed by atoms with Crippen molar-refractivity contribution < 1.29 is 18.7 Å². The summed E-state index contributed by atoms with van der Waals surface area (Å²) in [6.07, 6.45) is 2.19. The normalized spacial score (nSPS) is 9.54. The highest BCUT2D eigenvalue weighted by Crippen LogP contribution is 2.10. The van der Waals surface area contributed by atoms with E-state index in [0.29, 0.717) is 19.4 Å². The predicted octanol–water partition coefficient (Wildman–Crippen LogP) is 5.74. The summed E-state index contributed by atoms with van der Waals surface area (Å²) < 4.78 is 23.2. The van der Waals surface area contributed by atoms with Crippen LogP contribution >= 0.6 is 24.4 Å². The average molecular weight is 418 g/mol. The van der Waals surface area contributed by atoms with E-state index in [1.807, 2.05) is 39.0 Å². The molecule has 0 aliphatic rings. The molecule has 2 rings (SSSR count). The molecule has 0 spiro atoms. The lowest BCUT2D eigenvalue weighted by atomic mass is 10.2. The van der Waals surface area contributed by atoms with Crippen LogP contribution in [0.3, 0.4) is 0 Å². The number of pyridine rings is 1. The molecule has 7 heteroatoms. The van der Waals surface area contributed by atoms with Gasteiger partial charge in [-0.05, 0) is 66.5 Å². The first-order valence-corrected chi connectivity index (χ1v) is 9.18. The van der Waals surface area contributed by atoms with E-state index in [4.69, 9.17) is 0 Å². The topological polar surface area (TPSA) is 48.4 Å². The van der Waals surface area contributed by atoms with Crippen molar-refractivity contribution in [3.63, 3.8) is 0 Å². The summed E-state index contributed by atoms with van der Waals surface area (Å²) in [5.41, 5.74) is 1.81. The van der Waals surface area contributed by atoms with E-state index in [1.165, 1.54) is 12.1 Å². The van der Waals surface area contributed by atoms with E-state index < -0.39 is 0 Å². The molecule has 0 unspecified atom stereocenters. The Bertz CT molecular complexity index is 549. The van der Waals surface area contributed by atoms with E-state index in [0.717, 1.165) is 15.7 Å². The highest BCUT2D eigenvalue weighted by atomic mass is 79.9. The molecule has 1 aromatic heterocycles. The van der Waals surface area contributed by atoms with Gasteiger partial charge in [-0.3, -0.25) is 9.55 Å². The van der Waals surface area contributed by atoms with Crippen LogP contribution in [0.15, 0.2) is 47.1 Å². The summed E-state index contributed by atoms with van der Waals surface area (Å²) in [4.78, 5) is 13.0. The van der Waals surface area contributed by atoms with Gasteiger partial charge in [0.25, 0.3) is 0 Å². The molecule has 0 radical (unpaired) electrons. The van der Waals surface area contributed by atoms with Gasteiger partial charge >= 0.3 is 0 Å². The van der Waals surface area contributed by atoms with Gasteiger partial charge in [-0.25, -0.2) is 14.2 Å². The van der Waals surface area contributed by atoms with Gasteiger partial charge in [-0.15, -0.1) is 0 Å². The lowest BCUT2D eigenvalue weighted by Gasteiger charge is -1.92. The molecule has 0 aliphatic carbocycles. The number of hydrogen-bond donors (Lipinski definition) is 0. The van der Waals surface area contributed by atoms with Crippen molar-refractivity contribution in [2.24, 2.45) is 0 Å². The molecule has 0 saturated heterocycles. The molecule has 0 amide bonds. The Balaban J connectivity index is 0.000000343. The fraction of sp³-hybridized carbons (Fsp3) is 0.353. The summed E-state index contributed by atoms with van der Waals surface area (Å²) in [5.74, 6) is -0.162. The van der Waals surface area contributed by atoms with Gasteiger partial charge in [0.15, 0.2) is 8.46 Å². The Hall–Kier alpha value is -1.20. The van der Waals surface area contributed by atoms with Gasteiger partial charge in [-0.2, -0.15) is 0 Å². The smallest absolute Gasteiger partial charge is 0.161 e. The molecule has 0 saturated carbocycles. The van der Waals surface area contributed by atoms with E-state index in [1.54, 1.807) is 12.3 Å². The molecule has 2 aromatic rings. The minimum atomic E-state index is -0.162. The van der Waals surface area contributed by atoms with Crippen molar-refractivity contribution in [3.8, 4) is 0 Å². The summed E-state index contributed by atoms with van der Waals surface area (Å²) in [6, 6.07) is 10.2. The maximum absolute atomic E-state index is 12.2. The van der Waals surface area contributed by atoms with Gasteiger partial charge in [0.1, 0.15) is 5.82 Å². The SMILES string of the molecule is CCOOCC.Cc1cccc(F)c1.O=PCc1ccc(Br)cn1. The largest absolute Gasteiger partial charge is 0.275 e. The third-order valence-electron chi connectivity index (χ3n) is 2.31. The Kier molecular flexibility index (Phi) is 14.6. The van der Waals surface area contributed by atoms with E-state index in [9.17, 15) is 8.96 Å². The molecule has 0 aliphatic heterocycles. The van der Waals surface area contributed by atoms with Gasteiger partial charge in [-0.1, -0.05) is 12.1 Å². The van der Waals surface area contributed by atoms with Gasteiger partial charge in [0.2, 0.25) is 0 Å². The highest BCUT2D eigenvalue weighted by Gasteiger charge is 1.91. The molecule has 1 aromatic carbocycles. The fourth-order valence-electron chi connectivity index (χ4n) is 1.34. The Morgan fingerprint density at radius 3 is 2.21 bits per heavy atom. The number of nitrogens with zero attached hydrogens (tertiary/aromatic N) is 1. The summed E-state index contributed by atoms with van der Waals surface area (Å²) in [6.45, 7) is 6.90. The first kappa shape index (κ1) is 22.8. The third kappa shape index (κ3) is 13.3. The zero-order chi connectivity index (χ0) is 18.2.